The normalized spacial score (nSPS) is 13.8. The summed E-state index contributed by atoms with van der Waals surface area (Å²) in [4.78, 5) is 10.6. The van der Waals surface area contributed by atoms with E-state index in [1.54, 1.807) is 26.7 Å². The molecule has 0 unspecified atom stereocenters. The van der Waals surface area contributed by atoms with Crippen LogP contribution in [0, 0.1) is 0 Å². The lowest BCUT2D eigenvalue weighted by molar-refractivity contribution is 0.353. The topological polar surface area (TPSA) is 47.5 Å². The molecule has 2 aromatic rings. The SMILES string of the molecule is COc1cc2c(cc1OC)CN(c1ncncc1Br)CC2. The molecule has 1 aromatic carbocycles. The van der Waals surface area contributed by atoms with Gasteiger partial charge in [-0.05, 0) is 45.6 Å². The number of rotatable bonds is 3. The van der Waals surface area contributed by atoms with Crippen LogP contribution in [0.2, 0.25) is 0 Å². The summed E-state index contributed by atoms with van der Waals surface area (Å²) in [5, 5.41) is 0. The van der Waals surface area contributed by atoms with Gasteiger partial charge < -0.3 is 14.4 Å². The first-order valence-electron chi connectivity index (χ1n) is 6.67. The van der Waals surface area contributed by atoms with Crippen molar-refractivity contribution in [3.05, 3.63) is 40.3 Å². The molecule has 3 rings (SSSR count). The molecule has 1 aliphatic rings. The Morgan fingerprint density at radius 2 is 1.86 bits per heavy atom. The highest BCUT2D eigenvalue weighted by molar-refractivity contribution is 9.10. The second kappa shape index (κ2) is 5.89. The van der Waals surface area contributed by atoms with E-state index in [1.165, 1.54) is 11.1 Å². The predicted molar refractivity (Wildman–Crippen MR) is 84.0 cm³/mol. The van der Waals surface area contributed by atoms with E-state index in [0.717, 1.165) is 41.3 Å². The molecule has 0 fully saturated rings. The number of anilines is 1. The van der Waals surface area contributed by atoms with Crippen LogP contribution in [0.25, 0.3) is 0 Å². The highest BCUT2D eigenvalue weighted by Gasteiger charge is 2.21. The minimum Gasteiger partial charge on any atom is -0.493 e. The number of hydrogen-bond acceptors (Lipinski definition) is 5. The van der Waals surface area contributed by atoms with Crippen molar-refractivity contribution in [1.82, 2.24) is 9.97 Å². The van der Waals surface area contributed by atoms with Gasteiger partial charge in [0.15, 0.2) is 11.5 Å². The monoisotopic (exact) mass is 349 g/mol. The van der Waals surface area contributed by atoms with Crippen molar-refractivity contribution in [3.8, 4) is 11.5 Å². The Hall–Kier alpha value is -1.82. The largest absolute Gasteiger partial charge is 0.493 e. The number of nitrogens with zero attached hydrogens (tertiary/aromatic N) is 3. The van der Waals surface area contributed by atoms with Crippen molar-refractivity contribution in [2.75, 3.05) is 25.7 Å². The van der Waals surface area contributed by atoms with Gasteiger partial charge >= 0.3 is 0 Å². The molecule has 6 heteroatoms. The zero-order chi connectivity index (χ0) is 14.8. The molecule has 0 saturated carbocycles. The van der Waals surface area contributed by atoms with Crippen LogP contribution in [-0.2, 0) is 13.0 Å². The fraction of sp³-hybridized carbons (Fsp3) is 0.333. The molecule has 21 heavy (non-hydrogen) atoms. The molecule has 0 aliphatic carbocycles. The Balaban J connectivity index is 1.93. The fourth-order valence-electron chi connectivity index (χ4n) is 2.60. The lowest BCUT2D eigenvalue weighted by atomic mass is 9.99. The summed E-state index contributed by atoms with van der Waals surface area (Å²) in [6.45, 7) is 1.71. The molecule has 110 valence electrons. The van der Waals surface area contributed by atoms with Crippen LogP contribution in [0.4, 0.5) is 5.82 Å². The van der Waals surface area contributed by atoms with E-state index < -0.39 is 0 Å². The van der Waals surface area contributed by atoms with Gasteiger partial charge in [-0.1, -0.05) is 0 Å². The van der Waals surface area contributed by atoms with Gasteiger partial charge in [0.2, 0.25) is 0 Å². The molecule has 0 bridgehead atoms. The maximum absolute atomic E-state index is 5.39. The van der Waals surface area contributed by atoms with Gasteiger partial charge in [-0.2, -0.15) is 0 Å². The van der Waals surface area contributed by atoms with E-state index in [2.05, 4.69) is 42.9 Å². The van der Waals surface area contributed by atoms with Crippen molar-refractivity contribution in [1.29, 1.82) is 0 Å². The molecule has 1 aromatic heterocycles. The highest BCUT2D eigenvalue weighted by Crippen LogP contribution is 2.35. The Labute approximate surface area is 132 Å². The molecule has 1 aliphatic heterocycles. The van der Waals surface area contributed by atoms with Crippen molar-refractivity contribution < 1.29 is 9.47 Å². The van der Waals surface area contributed by atoms with Gasteiger partial charge in [0.05, 0.1) is 18.7 Å². The third-order valence-electron chi connectivity index (χ3n) is 3.67. The number of hydrogen-bond donors (Lipinski definition) is 0. The second-order valence-electron chi connectivity index (χ2n) is 4.84. The summed E-state index contributed by atoms with van der Waals surface area (Å²) in [5.41, 5.74) is 2.54. The first-order valence-corrected chi connectivity index (χ1v) is 7.46. The summed E-state index contributed by atoms with van der Waals surface area (Å²) in [7, 11) is 3.32. The van der Waals surface area contributed by atoms with Crippen molar-refractivity contribution in [2.45, 2.75) is 13.0 Å². The summed E-state index contributed by atoms with van der Waals surface area (Å²) < 4.78 is 11.7. The molecule has 5 nitrogen and oxygen atoms in total. The second-order valence-corrected chi connectivity index (χ2v) is 5.70. The molecule has 0 saturated heterocycles. The fourth-order valence-corrected chi connectivity index (χ4v) is 3.07. The Kier molecular flexibility index (Phi) is 3.96. The average molecular weight is 350 g/mol. The van der Waals surface area contributed by atoms with Crippen LogP contribution in [0.1, 0.15) is 11.1 Å². The first kappa shape index (κ1) is 14.1. The molecular weight excluding hydrogens is 334 g/mol. The first-order chi connectivity index (χ1) is 10.2. The van der Waals surface area contributed by atoms with Crippen LogP contribution >= 0.6 is 15.9 Å². The third kappa shape index (κ3) is 2.68. The maximum atomic E-state index is 5.39. The minimum atomic E-state index is 0.764. The smallest absolute Gasteiger partial charge is 0.161 e. The summed E-state index contributed by atoms with van der Waals surface area (Å²) in [6, 6.07) is 4.12. The van der Waals surface area contributed by atoms with Gasteiger partial charge in [-0.3, -0.25) is 0 Å². The summed E-state index contributed by atoms with van der Waals surface area (Å²) >= 11 is 3.51. The summed E-state index contributed by atoms with van der Waals surface area (Å²) in [5.74, 6) is 2.47. The zero-order valence-electron chi connectivity index (χ0n) is 12.0. The molecule has 0 amide bonds. The Morgan fingerprint density at radius 3 is 2.52 bits per heavy atom. The van der Waals surface area contributed by atoms with Gasteiger partial charge in [0, 0.05) is 19.3 Å². The number of fused-ring (bicyclic) bond motifs is 1. The third-order valence-corrected chi connectivity index (χ3v) is 4.23. The van der Waals surface area contributed by atoms with Gasteiger partial charge in [0.25, 0.3) is 0 Å². The number of aromatic nitrogens is 2. The van der Waals surface area contributed by atoms with E-state index in [0.29, 0.717) is 0 Å². The van der Waals surface area contributed by atoms with E-state index in [1.807, 2.05) is 0 Å². The van der Waals surface area contributed by atoms with E-state index in [9.17, 15) is 0 Å². The molecular formula is C15H16BrN3O2. The van der Waals surface area contributed by atoms with E-state index in [-0.39, 0.29) is 0 Å². The van der Waals surface area contributed by atoms with Crippen molar-refractivity contribution in [3.63, 3.8) is 0 Å². The van der Waals surface area contributed by atoms with Crippen LogP contribution in [0.3, 0.4) is 0 Å². The lowest BCUT2D eigenvalue weighted by Gasteiger charge is -2.30. The van der Waals surface area contributed by atoms with Gasteiger partial charge in [0.1, 0.15) is 12.1 Å². The molecule has 0 atom stereocenters. The van der Waals surface area contributed by atoms with Gasteiger partial charge in [-0.25, -0.2) is 9.97 Å². The molecule has 0 N–H and O–H groups in total. The standard InChI is InChI=1S/C15H16BrN3O2/c1-20-13-5-10-3-4-19(8-11(10)6-14(13)21-2)15-12(16)7-17-9-18-15/h5-7,9H,3-4,8H2,1-2H3. The number of ether oxygens (including phenoxy) is 2. The lowest BCUT2D eigenvalue weighted by Crippen LogP contribution is -2.31. The maximum Gasteiger partial charge on any atom is 0.161 e. The van der Waals surface area contributed by atoms with Crippen LogP contribution in [0.15, 0.2) is 29.1 Å². The van der Waals surface area contributed by atoms with E-state index in [4.69, 9.17) is 9.47 Å². The summed E-state index contributed by atoms with van der Waals surface area (Å²) in [6.07, 6.45) is 4.29. The molecule has 0 spiro atoms. The van der Waals surface area contributed by atoms with E-state index >= 15 is 0 Å². The molecule has 0 radical (unpaired) electrons. The van der Waals surface area contributed by atoms with Crippen LogP contribution in [-0.4, -0.2) is 30.7 Å². The Bertz CT molecular complexity index is 663. The number of benzene rings is 1. The zero-order valence-corrected chi connectivity index (χ0v) is 13.6. The van der Waals surface area contributed by atoms with Crippen LogP contribution < -0.4 is 14.4 Å². The average Bonchev–Trinajstić information content (AvgIpc) is 2.53. The number of methoxy groups -OCH3 is 2. The quantitative estimate of drug-likeness (QED) is 0.852. The van der Waals surface area contributed by atoms with Crippen molar-refractivity contribution >= 4 is 21.7 Å². The minimum absolute atomic E-state index is 0.764. The van der Waals surface area contributed by atoms with Crippen molar-refractivity contribution in [2.24, 2.45) is 0 Å². The Morgan fingerprint density at radius 1 is 1.14 bits per heavy atom. The highest BCUT2D eigenvalue weighted by atomic mass is 79.9. The molecule has 2 heterocycles. The van der Waals surface area contributed by atoms with Gasteiger partial charge in [-0.15, -0.1) is 0 Å². The van der Waals surface area contributed by atoms with Crippen LogP contribution in [0.5, 0.6) is 11.5 Å². The predicted octanol–water partition coefficient (Wildman–Crippen LogP) is 2.82. The number of halogens is 1.